The molecule has 0 saturated carbocycles. The highest BCUT2D eigenvalue weighted by Crippen LogP contribution is 2.33. The van der Waals surface area contributed by atoms with Gasteiger partial charge in [-0.15, -0.1) is 0 Å². The summed E-state index contributed by atoms with van der Waals surface area (Å²) >= 11 is 3.57. The van der Waals surface area contributed by atoms with E-state index < -0.39 is 5.41 Å². The predicted molar refractivity (Wildman–Crippen MR) is 104 cm³/mol. The van der Waals surface area contributed by atoms with Crippen molar-refractivity contribution in [2.24, 2.45) is 5.10 Å². The van der Waals surface area contributed by atoms with Crippen molar-refractivity contribution in [3.05, 3.63) is 46.4 Å². The van der Waals surface area contributed by atoms with Crippen LogP contribution < -0.4 is 10.2 Å². The van der Waals surface area contributed by atoms with Gasteiger partial charge in [0.1, 0.15) is 11.6 Å². The number of nitrogens with one attached hydrogen (secondary N) is 2. The molecule has 2 N–H and O–H groups in total. The van der Waals surface area contributed by atoms with E-state index in [1.807, 2.05) is 43.3 Å². The number of amides is 1. The van der Waals surface area contributed by atoms with Gasteiger partial charge in [0.2, 0.25) is 5.91 Å². The second kappa shape index (κ2) is 6.25. The zero-order valence-electron chi connectivity index (χ0n) is 14.3. The number of ether oxygens (including phenoxy) is 1. The normalized spacial score (nSPS) is 19.6. The lowest BCUT2D eigenvalue weighted by Gasteiger charge is -2.27. The largest absolute Gasteiger partial charge is 0.497 e. The molecule has 1 amide bonds. The molecule has 1 aliphatic heterocycles. The summed E-state index contributed by atoms with van der Waals surface area (Å²) in [7, 11) is 1.64. The Kier molecular flexibility index (Phi) is 4.03. The van der Waals surface area contributed by atoms with Crippen LogP contribution in [-0.4, -0.2) is 29.2 Å². The lowest BCUT2D eigenvalue weighted by atomic mass is 9.79. The SMILES string of the molecule is COc1ccc(Br)c(-c2nc3ccc(C4(C)C=NNC(=O)C4)cc3[nH]2)c1. The summed E-state index contributed by atoms with van der Waals surface area (Å²) in [5.41, 5.74) is 5.76. The Labute approximate surface area is 158 Å². The second-order valence-corrected chi connectivity index (χ2v) is 7.40. The standard InChI is InChI=1S/C19H17BrN4O2/c1-19(9-17(25)24-21-10-19)11-3-6-15-16(7-11)23-18(22-15)13-8-12(26-2)4-5-14(13)20/h3-8,10H,9H2,1-2H3,(H,22,23)(H,24,25). The van der Waals surface area contributed by atoms with Crippen LogP contribution in [0.4, 0.5) is 0 Å². The third-order valence-electron chi connectivity index (χ3n) is 4.64. The van der Waals surface area contributed by atoms with Crippen LogP contribution in [0.3, 0.4) is 0 Å². The van der Waals surface area contributed by atoms with Crippen molar-refractivity contribution in [3.8, 4) is 17.1 Å². The minimum Gasteiger partial charge on any atom is -0.497 e. The fourth-order valence-electron chi connectivity index (χ4n) is 3.15. The van der Waals surface area contributed by atoms with Gasteiger partial charge in [-0.25, -0.2) is 10.4 Å². The third kappa shape index (κ3) is 2.88. The zero-order chi connectivity index (χ0) is 18.3. The molecule has 1 aromatic heterocycles. The van der Waals surface area contributed by atoms with E-state index in [1.54, 1.807) is 13.3 Å². The van der Waals surface area contributed by atoms with Crippen LogP contribution in [0.2, 0.25) is 0 Å². The summed E-state index contributed by atoms with van der Waals surface area (Å²) in [5, 5.41) is 3.98. The molecule has 3 aromatic rings. The lowest BCUT2D eigenvalue weighted by Crippen LogP contribution is -2.37. The number of fused-ring (bicyclic) bond motifs is 1. The monoisotopic (exact) mass is 412 g/mol. The van der Waals surface area contributed by atoms with Gasteiger partial charge in [0.05, 0.1) is 18.1 Å². The molecule has 0 aliphatic carbocycles. The Morgan fingerprint density at radius 1 is 1.23 bits per heavy atom. The molecule has 0 radical (unpaired) electrons. The number of nitrogens with zero attached hydrogens (tertiary/aromatic N) is 2. The summed E-state index contributed by atoms with van der Waals surface area (Å²) < 4.78 is 6.24. The molecular weight excluding hydrogens is 396 g/mol. The van der Waals surface area contributed by atoms with Gasteiger partial charge < -0.3 is 9.72 Å². The number of H-pyrrole nitrogens is 1. The molecule has 1 aliphatic rings. The molecule has 0 spiro atoms. The second-order valence-electron chi connectivity index (χ2n) is 6.55. The zero-order valence-corrected chi connectivity index (χ0v) is 15.9. The molecule has 0 bridgehead atoms. The van der Waals surface area contributed by atoms with Crippen LogP contribution >= 0.6 is 15.9 Å². The molecule has 6 nitrogen and oxygen atoms in total. The van der Waals surface area contributed by atoms with E-state index in [9.17, 15) is 4.79 Å². The first-order chi connectivity index (χ1) is 12.5. The number of hydrogen-bond acceptors (Lipinski definition) is 4. The van der Waals surface area contributed by atoms with Gasteiger partial charge in [-0.3, -0.25) is 4.79 Å². The summed E-state index contributed by atoms with van der Waals surface area (Å²) in [6, 6.07) is 11.8. The number of hydrogen-bond donors (Lipinski definition) is 2. The van der Waals surface area contributed by atoms with Gasteiger partial charge in [-0.1, -0.05) is 22.0 Å². The molecule has 7 heteroatoms. The Balaban J connectivity index is 1.79. The summed E-state index contributed by atoms with van der Waals surface area (Å²) in [6.45, 7) is 2.01. The van der Waals surface area contributed by atoms with E-state index in [1.165, 1.54) is 0 Å². The van der Waals surface area contributed by atoms with Crippen molar-refractivity contribution in [1.82, 2.24) is 15.4 Å². The number of benzene rings is 2. The van der Waals surface area contributed by atoms with Crippen LogP contribution in [0.15, 0.2) is 46.0 Å². The van der Waals surface area contributed by atoms with Gasteiger partial charge in [-0.05, 0) is 42.8 Å². The number of aromatic amines is 1. The third-order valence-corrected chi connectivity index (χ3v) is 5.33. The Bertz CT molecular complexity index is 1040. The van der Waals surface area contributed by atoms with Gasteiger partial charge in [0.15, 0.2) is 0 Å². The van der Waals surface area contributed by atoms with Gasteiger partial charge in [-0.2, -0.15) is 5.10 Å². The first-order valence-electron chi connectivity index (χ1n) is 8.16. The number of carbonyl (C=O) groups excluding carboxylic acids is 1. The van der Waals surface area contributed by atoms with Crippen molar-refractivity contribution in [2.75, 3.05) is 7.11 Å². The lowest BCUT2D eigenvalue weighted by molar-refractivity contribution is -0.122. The molecule has 0 saturated heterocycles. The highest BCUT2D eigenvalue weighted by molar-refractivity contribution is 9.10. The first kappa shape index (κ1) is 16.8. The van der Waals surface area contributed by atoms with E-state index >= 15 is 0 Å². The molecule has 2 aromatic carbocycles. The van der Waals surface area contributed by atoms with E-state index in [-0.39, 0.29) is 5.91 Å². The number of imidazole rings is 1. The summed E-state index contributed by atoms with van der Waals surface area (Å²) in [5.74, 6) is 1.44. The highest BCUT2D eigenvalue weighted by atomic mass is 79.9. The first-order valence-corrected chi connectivity index (χ1v) is 8.95. The molecular formula is C19H17BrN4O2. The van der Waals surface area contributed by atoms with Crippen LogP contribution in [0, 0.1) is 0 Å². The minimum atomic E-state index is -0.432. The van der Waals surface area contributed by atoms with Crippen molar-refractivity contribution in [3.63, 3.8) is 0 Å². The van der Waals surface area contributed by atoms with Crippen LogP contribution in [0.25, 0.3) is 22.4 Å². The molecule has 1 unspecified atom stereocenters. The molecule has 1 atom stereocenters. The molecule has 132 valence electrons. The van der Waals surface area contributed by atoms with E-state index in [2.05, 4.69) is 36.4 Å². The molecule has 4 rings (SSSR count). The smallest absolute Gasteiger partial charge is 0.241 e. The van der Waals surface area contributed by atoms with E-state index in [4.69, 9.17) is 4.74 Å². The summed E-state index contributed by atoms with van der Waals surface area (Å²) in [4.78, 5) is 19.8. The fourth-order valence-corrected chi connectivity index (χ4v) is 3.58. The fraction of sp³-hybridized carbons (Fsp3) is 0.211. The number of halogens is 1. The number of hydrazone groups is 1. The molecule has 26 heavy (non-hydrogen) atoms. The quantitative estimate of drug-likeness (QED) is 0.686. The van der Waals surface area contributed by atoms with Crippen molar-refractivity contribution in [2.45, 2.75) is 18.8 Å². The summed E-state index contributed by atoms with van der Waals surface area (Å²) in [6.07, 6.45) is 2.15. The number of carbonyl (C=O) groups is 1. The van der Waals surface area contributed by atoms with Gasteiger partial charge in [0, 0.05) is 28.1 Å². The number of rotatable bonds is 3. The Morgan fingerprint density at radius 2 is 2.08 bits per heavy atom. The number of methoxy groups -OCH3 is 1. The topological polar surface area (TPSA) is 79.4 Å². The van der Waals surface area contributed by atoms with Crippen LogP contribution in [0.5, 0.6) is 5.75 Å². The Morgan fingerprint density at radius 3 is 2.85 bits per heavy atom. The maximum absolute atomic E-state index is 11.7. The minimum absolute atomic E-state index is 0.0827. The highest BCUT2D eigenvalue weighted by Gasteiger charge is 2.31. The maximum atomic E-state index is 11.7. The van der Waals surface area contributed by atoms with Crippen LogP contribution in [0.1, 0.15) is 18.9 Å². The maximum Gasteiger partial charge on any atom is 0.241 e. The average Bonchev–Trinajstić information content (AvgIpc) is 3.05. The predicted octanol–water partition coefficient (Wildman–Crippen LogP) is 3.76. The van der Waals surface area contributed by atoms with Crippen molar-refractivity contribution < 1.29 is 9.53 Å². The molecule has 0 fully saturated rings. The Hall–Kier alpha value is -2.67. The number of aromatic nitrogens is 2. The van der Waals surface area contributed by atoms with Gasteiger partial charge in [0.25, 0.3) is 0 Å². The van der Waals surface area contributed by atoms with Crippen molar-refractivity contribution >= 4 is 39.1 Å². The van der Waals surface area contributed by atoms with E-state index in [0.717, 1.165) is 38.2 Å². The average molecular weight is 413 g/mol. The van der Waals surface area contributed by atoms with E-state index in [0.29, 0.717) is 6.42 Å². The van der Waals surface area contributed by atoms with Crippen molar-refractivity contribution in [1.29, 1.82) is 0 Å². The molecule has 2 heterocycles. The van der Waals surface area contributed by atoms with Gasteiger partial charge >= 0.3 is 0 Å². The van der Waals surface area contributed by atoms with Crippen LogP contribution in [-0.2, 0) is 10.2 Å².